The molecule has 1 amide bonds. The van der Waals surface area contributed by atoms with Crippen LogP contribution in [0.25, 0.3) is 0 Å². The van der Waals surface area contributed by atoms with Gasteiger partial charge in [-0.15, -0.1) is 0 Å². The zero-order valence-electron chi connectivity index (χ0n) is 20.6. The minimum atomic E-state index is -0.296. The third-order valence-corrected chi connectivity index (χ3v) is 7.38. The van der Waals surface area contributed by atoms with Gasteiger partial charge in [0.2, 0.25) is 5.91 Å². The van der Waals surface area contributed by atoms with E-state index in [2.05, 4.69) is 43.8 Å². The van der Waals surface area contributed by atoms with Crippen molar-refractivity contribution in [1.82, 2.24) is 19.7 Å². The van der Waals surface area contributed by atoms with Crippen molar-refractivity contribution in [3.63, 3.8) is 0 Å². The van der Waals surface area contributed by atoms with Crippen LogP contribution in [0.2, 0.25) is 0 Å². The third kappa shape index (κ3) is 4.29. The molecule has 2 aromatic heterocycles. The van der Waals surface area contributed by atoms with Crippen LogP contribution in [0.3, 0.4) is 0 Å². The van der Waals surface area contributed by atoms with E-state index in [-0.39, 0.29) is 30.0 Å². The van der Waals surface area contributed by atoms with Gasteiger partial charge in [-0.2, -0.15) is 10.4 Å². The quantitative estimate of drug-likeness (QED) is 0.678. The van der Waals surface area contributed by atoms with E-state index in [9.17, 15) is 10.1 Å². The summed E-state index contributed by atoms with van der Waals surface area (Å²) >= 11 is 0. The Morgan fingerprint density at radius 1 is 1.29 bits per heavy atom. The number of aromatic nitrogens is 3. The summed E-state index contributed by atoms with van der Waals surface area (Å²) in [7, 11) is 0. The van der Waals surface area contributed by atoms with Gasteiger partial charge in [0.1, 0.15) is 18.4 Å². The number of carbonyl (C=O) groups is 1. The van der Waals surface area contributed by atoms with Crippen molar-refractivity contribution in [2.24, 2.45) is 5.92 Å². The molecular formula is C26H34N6O2. The highest BCUT2D eigenvalue weighted by atomic mass is 16.5. The average molecular weight is 463 g/mol. The second-order valence-electron chi connectivity index (χ2n) is 10.8. The molecule has 0 radical (unpaired) electrons. The SMILES string of the molecule is CC(C)C1CN(c2nc(C3CC3)c3c(c2C#N)CC(C)(C)OC3)CCN1C(=O)Cn1cccn1. The fraction of sp³-hybridized carbons (Fsp3) is 0.615. The summed E-state index contributed by atoms with van der Waals surface area (Å²) in [6.45, 7) is 11.2. The van der Waals surface area contributed by atoms with Crippen LogP contribution in [-0.2, 0) is 29.1 Å². The number of hydrogen-bond donors (Lipinski definition) is 0. The second-order valence-corrected chi connectivity index (χ2v) is 10.8. The maximum Gasteiger partial charge on any atom is 0.244 e. The Morgan fingerprint density at radius 2 is 2.09 bits per heavy atom. The van der Waals surface area contributed by atoms with Crippen molar-refractivity contribution in [2.45, 2.75) is 77.7 Å². The lowest BCUT2D eigenvalue weighted by molar-refractivity contribution is -0.135. The molecule has 0 aromatic carbocycles. The molecule has 8 nitrogen and oxygen atoms in total. The van der Waals surface area contributed by atoms with Crippen LogP contribution >= 0.6 is 0 Å². The first-order chi connectivity index (χ1) is 16.3. The molecule has 1 aliphatic carbocycles. The Bertz CT molecular complexity index is 1110. The van der Waals surface area contributed by atoms with E-state index in [1.54, 1.807) is 10.9 Å². The molecule has 34 heavy (non-hydrogen) atoms. The Balaban J connectivity index is 1.46. The van der Waals surface area contributed by atoms with Crippen molar-refractivity contribution < 1.29 is 9.53 Å². The highest BCUT2D eigenvalue weighted by Crippen LogP contribution is 2.46. The summed E-state index contributed by atoms with van der Waals surface area (Å²) in [5.74, 6) is 1.63. The van der Waals surface area contributed by atoms with Crippen molar-refractivity contribution in [1.29, 1.82) is 5.26 Å². The smallest absolute Gasteiger partial charge is 0.244 e. The van der Waals surface area contributed by atoms with Crippen molar-refractivity contribution in [2.75, 3.05) is 24.5 Å². The van der Waals surface area contributed by atoms with Crippen LogP contribution in [0.15, 0.2) is 18.5 Å². The van der Waals surface area contributed by atoms with Gasteiger partial charge in [0.05, 0.1) is 29.5 Å². The molecule has 3 aliphatic rings. The first-order valence-electron chi connectivity index (χ1n) is 12.4. The lowest BCUT2D eigenvalue weighted by Gasteiger charge is -2.44. The highest BCUT2D eigenvalue weighted by Gasteiger charge is 2.39. The number of nitriles is 1. The number of carbonyl (C=O) groups excluding carboxylic acids is 1. The minimum absolute atomic E-state index is 0.0466. The van der Waals surface area contributed by atoms with Gasteiger partial charge in [0.15, 0.2) is 0 Å². The second kappa shape index (κ2) is 8.70. The molecule has 8 heteroatoms. The van der Waals surface area contributed by atoms with E-state index >= 15 is 0 Å². The zero-order chi connectivity index (χ0) is 24.0. The summed E-state index contributed by atoms with van der Waals surface area (Å²) in [6, 6.07) is 4.38. The number of hydrogen-bond acceptors (Lipinski definition) is 6. The minimum Gasteiger partial charge on any atom is -0.370 e. The largest absolute Gasteiger partial charge is 0.370 e. The highest BCUT2D eigenvalue weighted by molar-refractivity contribution is 5.77. The Kier molecular flexibility index (Phi) is 5.85. The number of ether oxygens (including phenoxy) is 1. The van der Waals surface area contributed by atoms with Gasteiger partial charge in [0.25, 0.3) is 0 Å². The number of nitrogens with zero attached hydrogens (tertiary/aromatic N) is 6. The van der Waals surface area contributed by atoms with E-state index in [0.717, 1.165) is 41.9 Å². The first-order valence-corrected chi connectivity index (χ1v) is 12.4. The Morgan fingerprint density at radius 3 is 2.74 bits per heavy atom. The van der Waals surface area contributed by atoms with Gasteiger partial charge in [-0.25, -0.2) is 4.98 Å². The number of pyridine rings is 1. The maximum atomic E-state index is 13.1. The van der Waals surface area contributed by atoms with Crippen molar-refractivity contribution in [3.8, 4) is 6.07 Å². The lowest BCUT2D eigenvalue weighted by atomic mass is 9.87. The van der Waals surface area contributed by atoms with Crippen molar-refractivity contribution in [3.05, 3.63) is 40.8 Å². The fourth-order valence-electron chi connectivity index (χ4n) is 5.33. The number of fused-ring (bicyclic) bond motifs is 1. The first kappa shape index (κ1) is 22.9. The van der Waals surface area contributed by atoms with Gasteiger partial charge >= 0.3 is 0 Å². The van der Waals surface area contributed by atoms with Gasteiger partial charge in [-0.1, -0.05) is 13.8 Å². The van der Waals surface area contributed by atoms with Crippen LogP contribution in [0.5, 0.6) is 0 Å². The summed E-state index contributed by atoms with van der Waals surface area (Å²) in [6.07, 6.45) is 6.53. The summed E-state index contributed by atoms with van der Waals surface area (Å²) in [4.78, 5) is 22.5. The topological polar surface area (TPSA) is 87.3 Å². The molecular weight excluding hydrogens is 428 g/mol. The van der Waals surface area contributed by atoms with E-state index in [1.807, 2.05) is 17.2 Å². The molecule has 2 fully saturated rings. The number of anilines is 1. The molecule has 1 saturated carbocycles. The van der Waals surface area contributed by atoms with E-state index in [0.29, 0.717) is 37.7 Å². The number of amides is 1. The summed E-state index contributed by atoms with van der Waals surface area (Å²) in [5.41, 5.74) is 3.77. The van der Waals surface area contributed by atoms with Gasteiger partial charge < -0.3 is 14.5 Å². The summed E-state index contributed by atoms with van der Waals surface area (Å²) in [5, 5.41) is 14.4. The van der Waals surface area contributed by atoms with Gasteiger partial charge in [-0.3, -0.25) is 9.48 Å². The monoisotopic (exact) mass is 462 g/mol. The van der Waals surface area contributed by atoms with Crippen LogP contribution in [0, 0.1) is 17.2 Å². The normalized spacial score (nSPS) is 21.9. The van der Waals surface area contributed by atoms with Gasteiger partial charge in [0, 0.05) is 49.9 Å². The molecule has 1 unspecified atom stereocenters. The number of piperazine rings is 1. The van der Waals surface area contributed by atoms with Crippen LogP contribution in [0.4, 0.5) is 5.82 Å². The number of rotatable bonds is 5. The zero-order valence-corrected chi connectivity index (χ0v) is 20.6. The molecule has 0 N–H and O–H groups in total. The molecule has 5 rings (SSSR count). The fourth-order valence-corrected chi connectivity index (χ4v) is 5.33. The Hall–Kier alpha value is -2.92. The Labute approximate surface area is 201 Å². The standard InChI is InChI=1S/C26H34N6O2/c1-17(2)22-14-30(10-11-32(22)23(33)15-31-9-5-8-28-31)25-20(13-27)19-12-26(3,4)34-16-21(19)24(29-25)18-6-7-18/h5,8-9,17-18,22H,6-7,10-12,14-16H2,1-4H3. The lowest BCUT2D eigenvalue weighted by Crippen LogP contribution is -2.58. The molecule has 2 aliphatic heterocycles. The summed E-state index contributed by atoms with van der Waals surface area (Å²) < 4.78 is 7.79. The predicted octanol–water partition coefficient (Wildman–Crippen LogP) is 3.25. The maximum absolute atomic E-state index is 13.1. The van der Waals surface area contributed by atoms with Gasteiger partial charge in [-0.05, 0) is 44.2 Å². The molecule has 0 spiro atoms. The molecule has 1 atom stereocenters. The molecule has 1 saturated heterocycles. The third-order valence-electron chi connectivity index (χ3n) is 7.38. The van der Waals surface area contributed by atoms with Crippen LogP contribution < -0.4 is 4.90 Å². The molecule has 2 aromatic rings. The van der Waals surface area contributed by atoms with Crippen LogP contribution in [-0.4, -0.2) is 56.8 Å². The average Bonchev–Trinajstić information content (AvgIpc) is 3.53. The van der Waals surface area contributed by atoms with E-state index in [4.69, 9.17) is 9.72 Å². The molecule has 0 bridgehead atoms. The molecule has 180 valence electrons. The predicted molar refractivity (Wildman–Crippen MR) is 128 cm³/mol. The van der Waals surface area contributed by atoms with E-state index in [1.165, 1.54) is 0 Å². The van der Waals surface area contributed by atoms with Crippen molar-refractivity contribution >= 4 is 11.7 Å². The van der Waals surface area contributed by atoms with Crippen LogP contribution in [0.1, 0.15) is 68.8 Å². The van der Waals surface area contributed by atoms with E-state index < -0.39 is 0 Å². The molecule has 4 heterocycles.